The van der Waals surface area contributed by atoms with Gasteiger partial charge in [0.25, 0.3) is 0 Å². The molecule has 2 aromatic carbocycles. The van der Waals surface area contributed by atoms with Gasteiger partial charge in [-0.2, -0.15) is 5.10 Å². The van der Waals surface area contributed by atoms with Crippen LogP contribution in [0.2, 0.25) is 0 Å². The van der Waals surface area contributed by atoms with Crippen LogP contribution in [0.5, 0.6) is 11.5 Å². The number of rotatable bonds is 6. The van der Waals surface area contributed by atoms with Crippen LogP contribution in [0.15, 0.2) is 70.1 Å². The van der Waals surface area contributed by atoms with Crippen molar-refractivity contribution in [2.75, 3.05) is 14.2 Å². The molecule has 0 N–H and O–H groups in total. The minimum atomic E-state index is -0.283. The van der Waals surface area contributed by atoms with Crippen LogP contribution >= 0.6 is 11.3 Å². The van der Waals surface area contributed by atoms with E-state index in [4.69, 9.17) is 19.6 Å². The highest BCUT2D eigenvalue weighted by molar-refractivity contribution is 7.07. The van der Waals surface area contributed by atoms with Crippen LogP contribution in [-0.2, 0) is 0 Å². The maximum Gasteiger partial charge on any atom is 0.211 e. The van der Waals surface area contributed by atoms with E-state index in [-0.39, 0.29) is 5.82 Å². The van der Waals surface area contributed by atoms with Crippen molar-refractivity contribution < 1.29 is 13.9 Å². The third-order valence-corrected chi connectivity index (χ3v) is 6.94. The lowest BCUT2D eigenvalue weighted by Crippen LogP contribution is -2.15. The van der Waals surface area contributed by atoms with E-state index in [1.54, 1.807) is 26.4 Å². The molecular formula is C25H24FN3O2S. The highest BCUT2D eigenvalue weighted by atomic mass is 32.1. The van der Waals surface area contributed by atoms with E-state index in [1.807, 2.05) is 28.3 Å². The number of aromatic nitrogens is 1. The number of thiazole rings is 1. The minimum Gasteiger partial charge on any atom is -0.497 e. The van der Waals surface area contributed by atoms with Crippen molar-refractivity contribution in [3.63, 3.8) is 0 Å². The Balaban J connectivity index is 1.60. The second kappa shape index (κ2) is 8.74. The first-order valence-corrected chi connectivity index (χ1v) is 11.5. The van der Waals surface area contributed by atoms with Crippen molar-refractivity contribution in [3.8, 4) is 22.8 Å². The third-order valence-electron chi connectivity index (χ3n) is 6.13. The van der Waals surface area contributed by atoms with Crippen LogP contribution in [-0.4, -0.2) is 25.1 Å². The van der Waals surface area contributed by atoms with E-state index in [0.29, 0.717) is 34.0 Å². The fourth-order valence-electron chi connectivity index (χ4n) is 4.46. The molecule has 5 nitrogen and oxygen atoms in total. The van der Waals surface area contributed by atoms with Gasteiger partial charge in [-0.05, 0) is 61.1 Å². The van der Waals surface area contributed by atoms with Crippen LogP contribution in [0.4, 0.5) is 10.1 Å². The fourth-order valence-corrected chi connectivity index (χ4v) is 5.30. The van der Waals surface area contributed by atoms with Gasteiger partial charge in [0.1, 0.15) is 17.3 Å². The molecule has 0 radical (unpaired) electrons. The molecule has 3 unspecified atom stereocenters. The number of methoxy groups -OCH3 is 2. The summed E-state index contributed by atoms with van der Waals surface area (Å²) in [5.74, 6) is 2.81. The zero-order chi connectivity index (χ0) is 22.1. The first-order chi connectivity index (χ1) is 15.6. The molecule has 0 amide bonds. The molecule has 1 fully saturated rings. The zero-order valence-electron chi connectivity index (χ0n) is 17.9. The van der Waals surface area contributed by atoms with Gasteiger partial charge in [-0.15, -0.1) is 11.3 Å². The van der Waals surface area contributed by atoms with Crippen molar-refractivity contribution >= 4 is 23.2 Å². The molecule has 1 aromatic heterocycles. The van der Waals surface area contributed by atoms with Crippen LogP contribution in [0.25, 0.3) is 11.3 Å². The van der Waals surface area contributed by atoms with Gasteiger partial charge in [-0.1, -0.05) is 12.2 Å². The molecular weight excluding hydrogens is 425 g/mol. The molecule has 2 aliphatic carbocycles. The molecule has 2 bridgehead atoms. The molecule has 32 heavy (non-hydrogen) atoms. The Morgan fingerprint density at radius 3 is 2.59 bits per heavy atom. The minimum absolute atomic E-state index is 0.283. The fraction of sp³-hybridized carbons (Fsp3) is 0.280. The third kappa shape index (κ3) is 4.00. The van der Waals surface area contributed by atoms with Gasteiger partial charge in [0.05, 0.1) is 25.6 Å². The van der Waals surface area contributed by atoms with Crippen LogP contribution in [0.1, 0.15) is 12.8 Å². The standard InChI is InChI=1S/C25H24FN3O2S/c1-30-21-9-10-22(24(13-21)31-2)23-15-32-25(28-20-7-5-19(26)6-8-20)29(23)27-14-18-12-16-3-4-17(18)11-16/h3-10,13-18H,11-12H2,1-2H3. The zero-order valence-corrected chi connectivity index (χ0v) is 18.8. The SMILES string of the molecule is COc1ccc(-c2csc(=Nc3ccc(F)cc3)n2N=CC2CC3C=CC2C3)c(OC)c1. The summed E-state index contributed by atoms with van der Waals surface area (Å²) in [5.41, 5.74) is 2.45. The van der Waals surface area contributed by atoms with Crippen LogP contribution in [0, 0.1) is 23.6 Å². The van der Waals surface area contributed by atoms with E-state index in [0.717, 1.165) is 23.4 Å². The van der Waals surface area contributed by atoms with Crippen molar-refractivity contribution in [1.82, 2.24) is 4.68 Å². The van der Waals surface area contributed by atoms with Gasteiger partial charge < -0.3 is 9.47 Å². The number of hydrogen-bond donors (Lipinski definition) is 0. The van der Waals surface area contributed by atoms with Gasteiger partial charge in [0.15, 0.2) is 0 Å². The number of hydrogen-bond acceptors (Lipinski definition) is 5. The first-order valence-electron chi connectivity index (χ1n) is 10.6. The summed E-state index contributed by atoms with van der Waals surface area (Å²) < 4.78 is 26.2. The van der Waals surface area contributed by atoms with Gasteiger partial charge in [0, 0.05) is 29.1 Å². The Labute approximate surface area is 190 Å². The second-order valence-corrected chi connectivity index (χ2v) is 8.91. The molecule has 1 heterocycles. The average Bonchev–Trinajstić information content (AvgIpc) is 3.55. The molecule has 0 saturated heterocycles. The van der Waals surface area contributed by atoms with E-state index in [9.17, 15) is 4.39 Å². The van der Waals surface area contributed by atoms with E-state index in [1.165, 1.54) is 29.9 Å². The second-order valence-electron chi connectivity index (χ2n) is 8.08. The van der Waals surface area contributed by atoms with Gasteiger partial charge >= 0.3 is 0 Å². The summed E-state index contributed by atoms with van der Waals surface area (Å²) in [5, 5.41) is 6.91. The lowest BCUT2D eigenvalue weighted by atomic mass is 9.95. The monoisotopic (exact) mass is 449 g/mol. The molecule has 3 aromatic rings. The Kier molecular flexibility index (Phi) is 5.66. The molecule has 3 atom stereocenters. The van der Waals surface area contributed by atoms with Crippen molar-refractivity contribution in [1.29, 1.82) is 0 Å². The Hall–Kier alpha value is -3.19. The van der Waals surface area contributed by atoms with Crippen molar-refractivity contribution in [3.05, 3.63) is 70.6 Å². The van der Waals surface area contributed by atoms with Crippen LogP contribution < -0.4 is 14.3 Å². The molecule has 0 spiro atoms. The molecule has 5 rings (SSSR count). The maximum atomic E-state index is 13.3. The summed E-state index contributed by atoms with van der Waals surface area (Å²) in [4.78, 5) is 5.44. The summed E-state index contributed by atoms with van der Waals surface area (Å²) in [7, 11) is 3.27. The van der Waals surface area contributed by atoms with Gasteiger partial charge in [-0.25, -0.2) is 14.1 Å². The van der Waals surface area contributed by atoms with Crippen molar-refractivity contribution in [2.45, 2.75) is 12.8 Å². The van der Waals surface area contributed by atoms with Crippen molar-refractivity contribution in [2.24, 2.45) is 27.8 Å². The number of ether oxygens (including phenoxy) is 2. The number of benzene rings is 2. The highest BCUT2D eigenvalue weighted by Gasteiger charge is 2.34. The lowest BCUT2D eigenvalue weighted by molar-refractivity contribution is 0.395. The molecule has 2 aliphatic rings. The topological polar surface area (TPSA) is 48.1 Å². The molecule has 7 heteroatoms. The predicted octanol–water partition coefficient (Wildman–Crippen LogP) is 5.65. The predicted molar refractivity (Wildman–Crippen MR) is 125 cm³/mol. The van der Waals surface area contributed by atoms with E-state index in [2.05, 4.69) is 18.4 Å². The largest absolute Gasteiger partial charge is 0.497 e. The smallest absolute Gasteiger partial charge is 0.211 e. The first kappa shape index (κ1) is 20.7. The summed E-state index contributed by atoms with van der Waals surface area (Å²) in [6.45, 7) is 0. The summed E-state index contributed by atoms with van der Waals surface area (Å²) >= 11 is 1.49. The van der Waals surface area contributed by atoms with Crippen LogP contribution in [0.3, 0.4) is 0 Å². The lowest BCUT2D eigenvalue weighted by Gasteiger charge is -2.13. The van der Waals surface area contributed by atoms with E-state index < -0.39 is 0 Å². The van der Waals surface area contributed by atoms with E-state index >= 15 is 0 Å². The average molecular weight is 450 g/mol. The Bertz CT molecular complexity index is 1240. The van der Waals surface area contributed by atoms with Gasteiger partial charge in [-0.3, -0.25) is 0 Å². The molecule has 0 aliphatic heterocycles. The number of fused-ring (bicyclic) bond motifs is 2. The maximum absolute atomic E-state index is 13.3. The molecule has 164 valence electrons. The number of halogens is 1. The number of allylic oxidation sites excluding steroid dienone is 2. The highest BCUT2D eigenvalue weighted by Crippen LogP contribution is 2.42. The normalized spacial score (nSPS) is 22.2. The Morgan fingerprint density at radius 2 is 1.91 bits per heavy atom. The van der Waals surface area contributed by atoms with Gasteiger partial charge in [0.2, 0.25) is 4.80 Å². The summed E-state index contributed by atoms with van der Waals surface area (Å²) in [6, 6.07) is 11.9. The molecule has 1 saturated carbocycles. The quantitative estimate of drug-likeness (QED) is 0.361. The summed E-state index contributed by atoms with van der Waals surface area (Å²) in [6.07, 6.45) is 9.07. The number of nitrogens with zero attached hydrogens (tertiary/aromatic N) is 3. The Morgan fingerprint density at radius 1 is 1.06 bits per heavy atom.